The van der Waals surface area contributed by atoms with Gasteiger partial charge < -0.3 is 4.74 Å². The molecule has 2 aliphatic rings. The number of rotatable bonds is 2. The van der Waals surface area contributed by atoms with Crippen molar-refractivity contribution < 1.29 is 9.53 Å². The molecule has 0 saturated heterocycles. The Kier molecular flexibility index (Phi) is 3.19. The number of allylic oxidation sites excluding steroid dienone is 2. The second-order valence-electron chi connectivity index (χ2n) is 6.17. The number of carbonyl (C=O) groups excluding carboxylic acids is 1. The van der Waals surface area contributed by atoms with Crippen LogP contribution >= 0.6 is 0 Å². The molecule has 1 aromatic carbocycles. The quantitative estimate of drug-likeness (QED) is 0.758. The number of fused-ring (bicyclic) bond motifs is 3. The third-order valence-electron chi connectivity index (χ3n) is 5.20. The van der Waals surface area contributed by atoms with E-state index in [1.165, 1.54) is 16.7 Å². The lowest BCUT2D eigenvalue weighted by Crippen LogP contribution is -2.42. The van der Waals surface area contributed by atoms with Gasteiger partial charge in [-0.25, -0.2) is 0 Å². The SMILES string of the molecule is CC[C@@]12CCc3cc(OC)ccc3C1C=C(C)CC2=O. The van der Waals surface area contributed by atoms with Gasteiger partial charge in [-0.05, 0) is 49.4 Å². The van der Waals surface area contributed by atoms with Crippen LogP contribution in [0.1, 0.15) is 50.2 Å². The molecule has 2 atom stereocenters. The van der Waals surface area contributed by atoms with E-state index in [1.807, 2.05) is 6.07 Å². The summed E-state index contributed by atoms with van der Waals surface area (Å²) in [4.78, 5) is 12.7. The first-order chi connectivity index (χ1) is 9.60. The van der Waals surface area contributed by atoms with Crippen LogP contribution in [0.2, 0.25) is 0 Å². The summed E-state index contributed by atoms with van der Waals surface area (Å²) >= 11 is 0. The summed E-state index contributed by atoms with van der Waals surface area (Å²) < 4.78 is 5.33. The fraction of sp³-hybridized carbons (Fsp3) is 0.500. The van der Waals surface area contributed by atoms with E-state index in [0.29, 0.717) is 12.2 Å². The lowest BCUT2D eigenvalue weighted by Gasteiger charge is -2.45. The molecule has 1 aromatic rings. The van der Waals surface area contributed by atoms with Gasteiger partial charge in [0.05, 0.1) is 7.11 Å². The first kappa shape index (κ1) is 13.4. The molecule has 3 rings (SSSR count). The molecule has 0 aromatic heterocycles. The first-order valence-corrected chi connectivity index (χ1v) is 7.48. The average molecular weight is 270 g/mol. The smallest absolute Gasteiger partial charge is 0.143 e. The maximum Gasteiger partial charge on any atom is 0.143 e. The molecular weight excluding hydrogens is 248 g/mol. The highest BCUT2D eigenvalue weighted by atomic mass is 16.5. The molecule has 0 fully saturated rings. The standard InChI is InChI=1S/C18H22O2/c1-4-18-8-7-13-11-14(20-3)5-6-15(13)16(18)9-12(2)10-17(18)19/h5-6,9,11,16H,4,7-8,10H2,1-3H3/t16?,18-/m1/s1. The number of ether oxygens (including phenoxy) is 1. The highest BCUT2D eigenvalue weighted by Crippen LogP contribution is 2.53. The Morgan fingerprint density at radius 2 is 2.20 bits per heavy atom. The van der Waals surface area contributed by atoms with E-state index in [1.54, 1.807) is 7.11 Å². The number of ketones is 1. The van der Waals surface area contributed by atoms with Crippen molar-refractivity contribution in [2.45, 2.75) is 45.4 Å². The largest absolute Gasteiger partial charge is 0.497 e. The Hall–Kier alpha value is -1.57. The van der Waals surface area contributed by atoms with Gasteiger partial charge in [-0.1, -0.05) is 24.6 Å². The minimum Gasteiger partial charge on any atom is -0.497 e. The molecule has 2 nitrogen and oxygen atoms in total. The molecule has 0 radical (unpaired) electrons. The van der Waals surface area contributed by atoms with Gasteiger partial charge in [0.25, 0.3) is 0 Å². The van der Waals surface area contributed by atoms with Crippen molar-refractivity contribution in [1.29, 1.82) is 0 Å². The van der Waals surface area contributed by atoms with Gasteiger partial charge in [-0.15, -0.1) is 0 Å². The van der Waals surface area contributed by atoms with Crippen molar-refractivity contribution in [3.8, 4) is 5.75 Å². The third kappa shape index (κ3) is 1.81. The van der Waals surface area contributed by atoms with Crippen LogP contribution in [0.5, 0.6) is 5.75 Å². The maximum absolute atomic E-state index is 12.7. The Morgan fingerprint density at radius 3 is 2.90 bits per heavy atom. The van der Waals surface area contributed by atoms with Gasteiger partial charge in [-0.2, -0.15) is 0 Å². The number of methoxy groups -OCH3 is 1. The molecule has 2 heteroatoms. The molecule has 0 spiro atoms. The van der Waals surface area contributed by atoms with E-state index in [0.717, 1.165) is 25.0 Å². The van der Waals surface area contributed by atoms with Crippen molar-refractivity contribution in [2.24, 2.45) is 5.41 Å². The van der Waals surface area contributed by atoms with E-state index in [-0.39, 0.29) is 11.3 Å². The summed E-state index contributed by atoms with van der Waals surface area (Å²) in [7, 11) is 1.70. The summed E-state index contributed by atoms with van der Waals surface area (Å²) in [5, 5.41) is 0. The summed E-state index contributed by atoms with van der Waals surface area (Å²) in [6, 6.07) is 6.31. The van der Waals surface area contributed by atoms with E-state index in [9.17, 15) is 4.79 Å². The lowest BCUT2D eigenvalue weighted by molar-refractivity contribution is -0.130. The lowest BCUT2D eigenvalue weighted by atomic mass is 9.57. The average Bonchev–Trinajstić information content (AvgIpc) is 2.46. The molecule has 0 heterocycles. The fourth-order valence-electron chi connectivity index (χ4n) is 3.97. The highest BCUT2D eigenvalue weighted by Gasteiger charge is 2.48. The molecule has 0 bridgehead atoms. The molecule has 2 aliphatic carbocycles. The minimum absolute atomic E-state index is 0.166. The predicted molar refractivity (Wildman–Crippen MR) is 80.2 cm³/mol. The number of carbonyl (C=O) groups is 1. The van der Waals surface area contributed by atoms with Gasteiger partial charge in [0.1, 0.15) is 11.5 Å². The van der Waals surface area contributed by atoms with Crippen LogP contribution in [0.3, 0.4) is 0 Å². The van der Waals surface area contributed by atoms with Crippen LogP contribution in [-0.2, 0) is 11.2 Å². The summed E-state index contributed by atoms with van der Waals surface area (Å²) in [5.41, 5.74) is 3.72. The van der Waals surface area contributed by atoms with Gasteiger partial charge in [-0.3, -0.25) is 4.79 Å². The minimum atomic E-state index is -0.166. The van der Waals surface area contributed by atoms with Crippen LogP contribution in [0.4, 0.5) is 0 Å². The van der Waals surface area contributed by atoms with Crippen molar-refractivity contribution in [2.75, 3.05) is 7.11 Å². The van der Waals surface area contributed by atoms with Gasteiger partial charge in [0.15, 0.2) is 0 Å². The van der Waals surface area contributed by atoms with Crippen LogP contribution in [0.15, 0.2) is 29.8 Å². The third-order valence-corrected chi connectivity index (χ3v) is 5.20. The second-order valence-corrected chi connectivity index (χ2v) is 6.17. The van der Waals surface area contributed by atoms with E-state index >= 15 is 0 Å². The summed E-state index contributed by atoms with van der Waals surface area (Å²) in [6.45, 7) is 4.24. The number of Topliss-reactive ketones (excluding diaryl/α,β-unsaturated/α-hetero) is 1. The van der Waals surface area contributed by atoms with Crippen molar-refractivity contribution in [3.63, 3.8) is 0 Å². The van der Waals surface area contributed by atoms with Gasteiger partial charge in [0.2, 0.25) is 0 Å². The zero-order valence-corrected chi connectivity index (χ0v) is 12.5. The summed E-state index contributed by atoms with van der Waals surface area (Å²) in [5.74, 6) is 1.60. The second kappa shape index (κ2) is 4.76. The van der Waals surface area contributed by atoms with E-state index in [4.69, 9.17) is 4.74 Å². The Morgan fingerprint density at radius 1 is 1.40 bits per heavy atom. The number of hydrogen-bond acceptors (Lipinski definition) is 2. The normalized spacial score (nSPS) is 28.4. The van der Waals surface area contributed by atoms with E-state index < -0.39 is 0 Å². The van der Waals surface area contributed by atoms with Gasteiger partial charge >= 0.3 is 0 Å². The molecule has 0 aliphatic heterocycles. The monoisotopic (exact) mass is 270 g/mol. The molecule has 106 valence electrons. The predicted octanol–water partition coefficient (Wildman–Crippen LogP) is 4.04. The van der Waals surface area contributed by atoms with Crippen molar-refractivity contribution >= 4 is 5.78 Å². The van der Waals surface area contributed by atoms with Crippen LogP contribution in [0.25, 0.3) is 0 Å². The Bertz CT molecular complexity index is 585. The molecule has 20 heavy (non-hydrogen) atoms. The Labute approximate surface area is 120 Å². The fourth-order valence-corrected chi connectivity index (χ4v) is 3.97. The maximum atomic E-state index is 12.7. The Balaban J connectivity index is 2.14. The molecule has 0 saturated carbocycles. The van der Waals surface area contributed by atoms with Crippen molar-refractivity contribution in [1.82, 2.24) is 0 Å². The molecule has 0 N–H and O–H groups in total. The van der Waals surface area contributed by atoms with E-state index in [2.05, 4.69) is 32.1 Å². The van der Waals surface area contributed by atoms with Crippen molar-refractivity contribution in [3.05, 3.63) is 41.0 Å². The molecule has 0 amide bonds. The zero-order chi connectivity index (χ0) is 14.3. The zero-order valence-electron chi connectivity index (χ0n) is 12.5. The topological polar surface area (TPSA) is 26.3 Å². The number of hydrogen-bond donors (Lipinski definition) is 0. The number of aryl methyl sites for hydroxylation is 1. The summed E-state index contributed by atoms with van der Waals surface area (Å²) in [6.07, 6.45) is 5.85. The number of benzene rings is 1. The van der Waals surface area contributed by atoms with Crippen LogP contribution < -0.4 is 4.74 Å². The van der Waals surface area contributed by atoms with Crippen LogP contribution in [0, 0.1) is 5.41 Å². The first-order valence-electron chi connectivity index (χ1n) is 7.48. The highest BCUT2D eigenvalue weighted by molar-refractivity contribution is 5.90. The van der Waals surface area contributed by atoms with Gasteiger partial charge in [0, 0.05) is 17.8 Å². The molecule has 1 unspecified atom stereocenters. The molecular formula is C18H22O2. The van der Waals surface area contributed by atoms with Crippen LogP contribution in [-0.4, -0.2) is 12.9 Å².